The van der Waals surface area contributed by atoms with Crippen LogP contribution in [0.3, 0.4) is 0 Å². The summed E-state index contributed by atoms with van der Waals surface area (Å²) in [5, 5.41) is 32.7. The van der Waals surface area contributed by atoms with Gasteiger partial charge in [0.15, 0.2) is 0 Å². The van der Waals surface area contributed by atoms with E-state index in [0.717, 1.165) is 44.4 Å². The van der Waals surface area contributed by atoms with Crippen molar-refractivity contribution in [2.75, 3.05) is 0 Å². The summed E-state index contributed by atoms with van der Waals surface area (Å²) < 4.78 is 0. The van der Waals surface area contributed by atoms with Crippen LogP contribution in [-0.4, -0.2) is 33.1 Å². The molecule has 0 spiro atoms. The molecule has 172 valence electrons. The third-order valence-electron chi connectivity index (χ3n) is 10.5. The molecule has 3 heteroatoms. The zero-order valence-corrected chi connectivity index (χ0v) is 20.0. The van der Waals surface area contributed by atoms with Crippen molar-refractivity contribution in [1.82, 2.24) is 0 Å². The Labute approximate surface area is 184 Å². The first kappa shape index (κ1) is 22.8. The summed E-state index contributed by atoms with van der Waals surface area (Å²) in [5.41, 5.74) is 0.914. The zero-order chi connectivity index (χ0) is 21.9. The lowest BCUT2D eigenvalue weighted by atomic mass is 9.46. The maximum atomic E-state index is 11.6. The van der Waals surface area contributed by atoms with Crippen LogP contribution in [0.1, 0.15) is 98.8 Å². The van der Waals surface area contributed by atoms with Crippen molar-refractivity contribution in [2.24, 2.45) is 40.4 Å². The molecule has 0 bridgehead atoms. The molecule has 0 amide bonds. The molecule has 3 nitrogen and oxygen atoms in total. The second-order valence-corrected chi connectivity index (χ2v) is 12.5. The second-order valence-electron chi connectivity index (χ2n) is 12.5. The van der Waals surface area contributed by atoms with Crippen LogP contribution in [0.2, 0.25) is 0 Å². The topological polar surface area (TPSA) is 60.7 Å². The van der Waals surface area contributed by atoms with Crippen LogP contribution in [0.4, 0.5) is 0 Å². The summed E-state index contributed by atoms with van der Waals surface area (Å²) in [7, 11) is 0. The Hall–Kier alpha value is -0.380. The number of aliphatic hydroxyl groups excluding tert-OH is 2. The second kappa shape index (κ2) is 7.89. The van der Waals surface area contributed by atoms with Gasteiger partial charge in [0.1, 0.15) is 0 Å². The van der Waals surface area contributed by atoms with Crippen LogP contribution in [0.15, 0.2) is 11.6 Å². The highest BCUT2D eigenvalue weighted by Gasteiger charge is 2.62. The molecule has 9 atom stereocenters. The number of hydrogen-bond acceptors (Lipinski definition) is 3. The molecule has 0 aromatic carbocycles. The predicted octanol–water partition coefficient (Wildman–Crippen LogP) is 5.47. The molecule has 3 saturated carbocycles. The first-order valence-corrected chi connectivity index (χ1v) is 12.8. The van der Waals surface area contributed by atoms with E-state index < -0.39 is 11.7 Å². The molecule has 30 heavy (non-hydrogen) atoms. The molecule has 0 aliphatic heterocycles. The minimum Gasteiger partial charge on any atom is -0.393 e. The van der Waals surface area contributed by atoms with Gasteiger partial charge in [-0.2, -0.15) is 0 Å². The van der Waals surface area contributed by atoms with Gasteiger partial charge >= 0.3 is 0 Å². The maximum absolute atomic E-state index is 11.6. The van der Waals surface area contributed by atoms with Crippen molar-refractivity contribution < 1.29 is 15.3 Å². The summed E-state index contributed by atoms with van der Waals surface area (Å²) in [6, 6.07) is 0. The van der Waals surface area contributed by atoms with Crippen molar-refractivity contribution in [3.8, 4) is 0 Å². The summed E-state index contributed by atoms with van der Waals surface area (Å²) in [6.07, 6.45) is 12.1. The standard InChI is InChI=1S/C27H46O3/c1-17(2)6-11-24(29)27(5,30)23-10-9-21-20-8-7-18-16-19(28)12-14-25(18,3)22(20)13-15-26(21,23)4/h7,17,19-24,28-30H,6,8-16H2,1-5H3/t19?,20-,21-,22-,23-,24?,25-,26-,27+/m0/s1. The van der Waals surface area contributed by atoms with E-state index in [2.05, 4.69) is 33.8 Å². The van der Waals surface area contributed by atoms with E-state index in [4.69, 9.17) is 0 Å². The Morgan fingerprint density at radius 3 is 2.50 bits per heavy atom. The average molecular weight is 419 g/mol. The molecule has 4 aliphatic rings. The van der Waals surface area contributed by atoms with E-state index >= 15 is 0 Å². The van der Waals surface area contributed by atoms with E-state index in [-0.39, 0.29) is 22.9 Å². The van der Waals surface area contributed by atoms with Gasteiger partial charge in [-0.25, -0.2) is 0 Å². The molecular weight excluding hydrogens is 372 g/mol. The lowest BCUT2D eigenvalue weighted by molar-refractivity contribution is -0.151. The summed E-state index contributed by atoms with van der Waals surface area (Å²) >= 11 is 0. The third kappa shape index (κ3) is 3.52. The fourth-order valence-corrected chi connectivity index (χ4v) is 8.62. The van der Waals surface area contributed by atoms with Gasteiger partial charge in [-0.3, -0.25) is 0 Å². The van der Waals surface area contributed by atoms with Crippen molar-refractivity contribution >= 4 is 0 Å². The van der Waals surface area contributed by atoms with E-state index in [1.54, 1.807) is 0 Å². The smallest absolute Gasteiger partial charge is 0.0910 e. The lowest BCUT2D eigenvalue weighted by Crippen LogP contribution is -2.55. The number of allylic oxidation sites excluding steroid dienone is 1. The molecule has 4 aliphatic carbocycles. The molecule has 0 aromatic heterocycles. The molecule has 2 unspecified atom stereocenters. The Morgan fingerprint density at radius 1 is 1.07 bits per heavy atom. The Balaban J connectivity index is 1.55. The molecule has 3 N–H and O–H groups in total. The van der Waals surface area contributed by atoms with Gasteiger partial charge in [-0.15, -0.1) is 0 Å². The van der Waals surface area contributed by atoms with E-state index in [1.165, 1.54) is 24.8 Å². The van der Waals surface area contributed by atoms with Crippen LogP contribution in [0.25, 0.3) is 0 Å². The minimum absolute atomic E-state index is 0.124. The first-order chi connectivity index (χ1) is 14.0. The Morgan fingerprint density at radius 2 is 1.80 bits per heavy atom. The van der Waals surface area contributed by atoms with E-state index in [9.17, 15) is 15.3 Å². The van der Waals surface area contributed by atoms with E-state index in [0.29, 0.717) is 24.2 Å². The lowest BCUT2D eigenvalue weighted by Gasteiger charge is -2.59. The molecule has 0 aromatic rings. The van der Waals surface area contributed by atoms with Gasteiger partial charge in [0.25, 0.3) is 0 Å². The fourth-order valence-electron chi connectivity index (χ4n) is 8.62. The normalized spacial score (nSPS) is 46.4. The monoisotopic (exact) mass is 418 g/mol. The van der Waals surface area contributed by atoms with Crippen LogP contribution >= 0.6 is 0 Å². The Kier molecular flexibility index (Phi) is 5.99. The third-order valence-corrected chi connectivity index (χ3v) is 10.5. The number of hydrogen-bond donors (Lipinski definition) is 3. The highest BCUT2D eigenvalue weighted by atomic mass is 16.3. The van der Waals surface area contributed by atoms with Gasteiger partial charge in [0.05, 0.1) is 17.8 Å². The molecular formula is C27H46O3. The van der Waals surface area contributed by atoms with Crippen molar-refractivity contribution in [3.05, 3.63) is 11.6 Å². The van der Waals surface area contributed by atoms with Crippen LogP contribution in [-0.2, 0) is 0 Å². The minimum atomic E-state index is -1.00. The van der Waals surface area contributed by atoms with Crippen molar-refractivity contribution in [3.63, 3.8) is 0 Å². The Bertz CT molecular complexity index is 667. The van der Waals surface area contributed by atoms with Crippen LogP contribution in [0, 0.1) is 40.4 Å². The van der Waals surface area contributed by atoms with Crippen molar-refractivity contribution in [1.29, 1.82) is 0 Å². The summed E-state index contributed by atoms with van der Waals surface area (Å²) in [5.74, 6) is 2.80. The number of aliphatic hydroxyl groups is 3. The van der Waals surface area contributed by atoms with E-state index in [1.807, 2.05) is 6.92 Å². The molecule has 0 radical (unpaired) electrons. The average Bonchev–Trinajstić information content (AvgIpc) is 3.04. The zero-order valence-electron chi connectivity index (χ0n) is 20.0. The van der Waals surface area contributed by atoms with Gasteiger partial charge in [-0.05, 0) is 112 Å². The SMILES string of the molecule is CC(C)CCC(O)[C@](C)(O)[C@H]1CC[C@H]2[C@@H]3CC=C4CC(O)CC[C@]4(C)[C@H]3CC[C@@]21C. The highest BCUT2D eigenvalue weighted by Crippen LogP contribution is 2.67. The predicted molar refractivity (Wildman–Crippen MR) is 122 cm³/mol. The molecule has 0 saturated heterocycles. The van der Waals surface area contributed by atoms with Gasteiger partial charge < -0.3 is 15.3 Å². The quantitative estimate of drug-likeness (QED) is 0.519. The number of fused-ring (bicyclic) bond motifs is 5. The highest BCUT2D eigenvalue weighted by molar-refractivity contribution is 5.25. The van der Waals surface area contributed by atoms with Gasteiger partial charge in [0, 0.05) is 0 Å². The van der Waals surface area contributed by atoms with Crippen LogP contribution < -0.4 is 0 Å². The first-order valence-electron chi connectivity index (χ1n) is 12.8. The molecule has 0 heterocycles. The maximum Gasteiger partial charge on any atom is 0.0910 e. The summed E-state index contributed by atoms with van der Waals surface area (Å²) in [6.45, 7) is 11.2. The largest absolute Gasteiger partial charge is 0.393 e. The summed E-state index contributed by atoms with van der Waals surface area (Å²) in [4.78, 5) is 0. The fraction of sp³-hybridized carbons (Fsp3) is 0.926. The van der Waals surface area contributed by atoms with Crippen molar-refractivity contribution in [2.45, 2.75) is 117 Å². The molecule has 4 rings (SSSR count). The van der Waals surface area contributed by atoms with Crippen LogP contribution in [0.5, 0.6) is 0 Å². The van der Waals surface area contributed by atoms with Gasteiger partial charge in [0.2, 0.25) is 0 Å². The molecule has 3 fully saturated rings. The van der Waals surface area contributed by atoms with Gasteiger partial charge in [-0.1, -0.05) is 39.3 Å². The number of rotatable bonds is 5.